The number of thiazole rings is 1. The van der Waals surface area contributed by atoms with Crippen LogP contribution < -0.4 is 5.32 Å². The van der Waals surface area contributed by atoms with Gasteiger partial charge in [-0.05, 0) is 50.7 Å². The summed E-state index contributed by atoms with van der Waals surface area (Å²) in [5.74, 6) is 2.41. The minimum absolute atomic E-state index is 0.0762. The fraction of sp³-hybridized carbons (Fsp3) is 0.478. The van der Waals surface area contributed by atoms with Crippen LogP contribution in [-0.2, 0) is 4.79 Å². The van der Waals surface area contributed by atoms with E-state index in [0.717, 1.165) is 78.4 Å². The molecule has 0 radical (unpaired) electrons. The topological polar surface area (TPSA) is 71.0 Å². The van der Waals surface area contributed by atoms with Gasteiger partial charge in [0, 0.05) is 36.7 Å². The van der Waals surface area contributed by atoms with Crippen LogP contribution in [0.25, 0.3) is 21.5 Å². The summed E-state index contributed by atoms with van der Waals surface area (Å²) in [6, 6.07) is 8.27. The predicted molar refractivity (Wildman–Crippen MR) is 121 cm³/mol. The first-order chi connectivity index (χ1) is 14.5. The average Bonchev–Trinajstić information content (AvgIpc) is 3.33. The Labute approximate surface area is 180 Å². The molecule has 1 aliphatic heterocycles. The van der Waals surface area contributed by atoms with Crippen LogP contribution in [0.1, 0.15) is 38.4 Å². The third-order valence-electron chi connectivity index (χ3n) is 6.36. The zero-order chi connectivity index (χ0) is 20.7. The molecule has 0 bridgehead atoms. The minimum atomic E-state index is -0.0762. The lowest BCUT2D eigenvalue weighted by Gasteiger charge is -2.34. The lowest BCUT2D eigenvalue weighted by Crippen LogP contribution is -2.44. The van der Waals surface area contributed by atoms with E-state index < -0.39 is 0 Å². The number of hydrogen-bond donors (Lipinski definition) is 1. The maximum atomic E-state index is 12.7. The Morgan fingerprint density at radius 2 is 2.17 bits per heavy atom. The summed E-state index contributed by atoms with van der Waals surface area (Å²) in [6.45, 7) is 6.61. The van der Waals surface area contributed by atoms with Gasteiger partial charge < -0.3 is 10.2 Å². The molecule has 1 aromatic carbocycles. The molecule has 0 spiro atoms. The smallest absolute Gasteiger partial charge is 0.228 e. The van der Waals surface area contributed by atoms with Gasteiger partial charge in [-0.25, -0.2) is 15.0 Å². The number of amides is 1. The van der Waals surface area contributed by atoms with E-state index in [1.807, 2.05) is 24.6 Å². The highest BCUT2D eigenvalue weighted by atomic mass is 32.1. The monoisotopic (exact) mass is 421 g/mol. The molecule has 2 aliphatic rings. The number of nitrogens with one attached hydrogen (secondary N) is 1. The lowest BCUT2D eigenvalue weighted by molar-refractivity contribution is -0.138. The fourth-order valence-corrected chi connectivity index (χ4v) is 4.99. The second-order valence-corrected chi connectivity index (χ2v) is 9.81. The van der Waals surface area contributed by atoms with Crippen molar-refractivity contribution in [3.63, 3.8) is 0 Å². The highest BCUT2D eigenvalue weighted by Crippen LogP contribution is 2.47. The molecule has 1 aliphatic carbocycles. The van der Waals surface area contributed by atoms with Crippen LogP contribution in [0.15, 0.2) is 29.8 Å². The molecule has 2 fully saturated rings. The Hall–Kier alpha value is -2.54. The van der Waals surface area contributed by atoms with Crippen LogP contribution >= 0.6 is 11.3 Å². The van der Waals surface area contributed by atoms with Gasteiger partial charge in [0.15, 0.2) is 0 Å². The number of carbonyl (C=O) groups excluding carboxylic acids is 1. The summed E-state index contributed by atoms with van der Waals surface area (Å²) in [5, 5.41) is 3.51. The van der Waals surface area contributed by atoms with Crippen LogP contribution in [0.2, 0.25) is 0 Å². The molecule has 5 rings (SSSR count). The van der Waals surface area contributed by atoms with Gasteiger partial charge in [0.25, 0.3) is 0 Å². The van der Waals surface area contributed by atoms with E-state index in [1.165, 1.54) is 0 Å². The highest BCUT2D eigenvalue weighted by molar-refractivity contribution is 7.16. The number of aromatic nitrogens is 3. The molecule has 3 heterocycles. The number of carbonyl (C=O) groups is 1. The summed E-state index contributed by atoms with van der Waals surface area (Å²) in [7, 11) is 0. The van der Waals surface area contributed by atoms with Gasteiger partial charge in [-0.1, -0.05) is 13.0 Å². The first kappa shape index (κ1) is 19.4. The second kappa shape index (κ2) is 7.61. The van der Waals surface area contributed by atoms with Gasteiger partial charge in [-0.3, -0.25) is 4.79 Å². The second-order valence-electron chi connectivity index (χ2n) is 8.92. The maximum absolute atomic E-state index is 12.7. The summed E-state index contributed by atoms with van der Waals surface area (Å²) >= 11 is 1.64. The van der Waals surface area contributed by atoms with Crippen LogP contribution in [0.5, 0.6) is 0 Å². The van der Waals surface area contributed by atoms with Gasteiger partial charge in [-0.2, -0.15) is 0 Å². The van der Waals surface area contributed by atoms with E-state index in [9.17, 15) is 4.79 Å². The van der Waals surface area contributed by atoms with Gasteiger partial charge in [0.05, 0.1) is 21.4 Å². The van der Waals surface area contributed by atoms with Crippen molar-refractivity contribution in [3.8, 4) is 11.3 Å². The predicted octanol–water partition coefficient (Wildman–Crippen LogP) is 4.51. The molecule has 1 saturated heterocycles. The zero-order valence-corrected chi connectivity index (χ0v) is 18.3. The van der Waals surface area contributed by atoms with Gasteiger partial charge >= 0.3 is 0 Å². The van der Waals surface area contributed by atoms with Crippen molar-refractivity contribution in [3.05, 3.63) is 35.6 Å². The fourth-order valence-electron chi connectivity index (χ4n) is 4.27. The number of likely N-dealkylation sites (tertiary alicyclic amines) is 1. The van der Waals surface area contributed by atoms with Crippen molar-refractivity contribution in [1.82, 2.24) is 19.9 Å². The first-order valence-electron chi connectivity index (χ1n) is 10.7. The van der Waals surface area contributed by atoms with E-state index in [1.54, 1.807) is 11.3 Å². The van der Waals surface area contributed by atoms with Gasteiger partial charge in [0.1, 0.15) is 11.6 Å². The Morgan fingerprint density at radius 1 is 1.30 bits per heavy atom. The largest absolute Gasteiger partial charge is 0.370 e. The number of aryl methyl sites for hydroxylation is 1. The third kappa shape index (κ3) is 3.90. The number of anilines is 1. The normalized spacial score (nSPS) is 20.3. The summed E-state index contributed by atoms with van der Waals surface area (Å²) in [6.07, 6.45) is 4.31. The lowest BCUT2D eigenvalue weighted by atomic mass is 9.96. The number of fused-ring (bicyclic) bond motifs is 1. The minimum Gasteiger partial charge on any atom is -0.370 e. The van der Waals surface area contributed by atoms with Crippen LogP contribution in [0, 0.1) is 18.3 Å². The number of piperidine rings is 1. The van der Waals surface area contributed by atoms with Crippen molar-refractivity contribution < 1.29 is 4.79 Å². The van der Waals surface area contributed by atoms with Gasteiger partial charge in [0.2, 0.25) is 5.91 Å². The summed E-state index contributed by atoms with van der Waals surface area (Å²) < 4.78 is 1.16. The van der Waals surface area contributed by atoms with Crippen molar-refractivity contribution >= 4 is 33.3 Å². The summed E-state index contributed by atoms with van der Waals surface area (Å²) in [5.41, 5.74) is 4.81. The number of nitrogens with zero attached hydrogens (tertiary/aromatic N) is 4. The molecule has 1 unspecified atom stereocenters. The van der Waals surface area contributed by atoms with Gasteiger partial charge in [-0.15, -0.1) is 11.3 Å². The molecule has 7 heteroatoms. The molecule has 1 N–H and O–H groups in total. The van der Waals surface area contributed by atoms with E-state index in [4.69, 9.17) is 0 Å². The first-order valence-corrected chi connectivity index (χ1v) is 11.6. The molecule has 6 nitrogen and oxygen atoms in total. The molecule has 3 aromatic rings. The number of hydrogen-bond acceptors (Lipinski definition) is 6. The molecular formula is C23H27N5OS. The molecule has 156 valence electrons. The Morgan fingerprint density at radius 3 is 3.00 bits per heavy atom. The van der Waals surface area contributed by atoms with Crippen LogP contribution in [0.4, 0.5) is 5.82 Å². The molecular weight excluding hydrogens is 394 g/mol. The average molecular weight is 422 g/mol. The SMILES string of the molecule is Cc1nc(NCC2CCCN(C(=O)C3(C)CC3)C2)cc(-c2ccc3ncsc3c2)n1. The standard InChI is InChI=1S/C23H27N5OS/c1-15-26-19(17-5-6-18-20(10-17)30-14-25-18)11-21(27-15)24-12-16-4-3-9-28(13-16)22(29)23(2)7-8-23/h5-6,10-11,14,16H,3-4,7-9,12-13H2,1-2H3,(H,24,26,27). The third-order valence-corrected chi connectivity index (χ3v) is 7.15. The number of benzene rings is 1. The quantitative estimate of drug-likeness (QED) is 0.656. The molecule has 1 amide bonds. The van der Waals surface area contributed by atoms with Crippen molar-refractivity contribution in [2.45, 2.75) is 39.5 Å². The molecule has 1 saturated carbocycles. The van der Waals surface area contributed by atoms with E-state index in [-0.39, 0.29) is 5.41 Å². The van der Waals surface area contributed by atoms with Crippen LogP contribution in [-0.4, -0.2) is 45.4 Å². The van der Waals surface area contributed by atoms with E-state index >= 15 is 0 Å². The number of rotatable bonds is 5. The Kier molecular flexibility index (Phi) is 4.93. The van der Waals surface area contributed by atoms with Crippen molar-refractivity contribution in [1.29, 1.82) is 0 Å². The van der Waals surface area contributed by atoms with Crippen LogP contribution in [0.3, 0.4) is 0 Å². The van der Waals surface area contributed by atoms with Crippen molar-refractivity contribution in [2.24, 2.45) is 11.3 Å². The van der Waals surface area contributed by atoms with Crippen molar-refractivity contribution in [2.75, 3.05) is 25.0 Å². The molecule has 2 aromatic heterocycles. The highest BCUT2D eigenvalue weighted by Gasteiger charge is 2.47. The zero-order valence-electron chi connectivity index (χ0n) is 17.5. The Balaban J connectivity index is 1.27. The Bertz CT molecular complexity index is 1090. The van der Waals surface area contributed by atoms with E-state index in [0.29, 0.717) is 11.8 Å². The molecule has 1 atom stereocenters. The maximum Gasteiger partial charge on any atom is 0.228 e. The summed E-state index contributed by atoms with van der Waals surface area (Å²) in [4.78, 5) is 28.4. The molecule has 30 heavy (non-hydrogen) atoms. The van der Waals surface area contributed by atoms with E-state index in [2.05, 4.69) is 44.2 Å².